The SMILES string of the molecule is C=COC(=O)C(=[N+]=[N-])C(C)=O. The lowest BCUT2D eigenvalue weighted by atomic mass is 10.3. The summed E-state index contributed by atoms with van der Waals surface area (Å²) in [5, 5.41) is 0. The standard InChI is InChI=1S/C6H6N2O3/c1-3-11-6(10)5(8-7)4(2)9/h3H,1H2,2H3. The van der Waals surface area contributed by atoms with Crippen LogP contribution in [0.1, 0.15) is 6.92 Å². The van der Waals surface area contributed by atoms with Crippen LogP contribution in [0.15, 0.2) is 12.8 Å². The van der Waals surface area contributed by atoms with Gasteiger partial charge in [0.2, 0.25) is 5.78 Å². The molecule has 0 amide bonds. The quantitative estimate of drug-likeness (QED) is 0.142. The molecule has 0 aromatic carbocycles. The molecule has 0 bridgehead atoms. The van der Waals surface area contributed by atoms with Gasteiger partial charge in [0, 0.05) is 6.92 Å². The Hall–Kier alpha value is -1.74. The van der Waals surface area contributed by atoms with Crippen LogP contribution in [0, 0.1) is 0 Å². The molecule has 0 saturated carbocycles. The van der Waals surface area contributed by atoms with Gasteiger partial charge >= 0.3 is 11.7 Å². The number of esters is 1. The smallest absolute Gasteiger partial charge is 0.426 e. The van der Waals surface area contributed by atoms with Crippen LogP contribution in [-0.2, 0) is 14.3 Å². The van der Waals surface area contributed by atoms with E-state index in [0.717, 1.165) is 13.2 Å². The van der Waals surface area contributed by atoms with E-state index in [0.29, 0.717) is 0 Å². The summed E-state index contributed by atoms with van der Waals surface area (Å²) >= 11 is 0. The molecule has 0 aromatic rings. The van der Waals surface area contributed by atoms with Crippen LogP contribution < -0.4 is 0 Å². The third kappa shape index (κ3) is 2.55. The van der Waals surface area contributed by atoms with Crippen molar-refractivity contribution in [2.45, 2.75) is 6.92 Å². The summed E-state index contributed by atoms with van der Waals surface area (Å²) in [6.45, 7) is 4.17. The molecule has 0 fully saturated rings. The normalized spacial score (nSPS) is 7.73. The summed E-state index contributed by atoms with van der Waals surface area (Å²) in [5.74, 6) is -1.69. The van der Waals surface area contributed by atoms with Crippen molar-refractivity contribution < 1.29 is 19.1 Å². The molecule has 11 heavy (non-hydrogen) atoms. The lowest BCUT2D eigenvalue weighted by Crippen LogP contribution is -2.23. The van der Waals surface area contributed by atoms with E-state index in [1.165, 1.54) is 0 Å². The van der Waals surface area contributed by atoms with Crippen molar-refractivity contribution in [3.05, 3.63) is 18.4 Å². The summed E-state index contributed by atoms with van der Waals surface area (Å²) in [6.07, 6.45) is 0.844. The summed E-state index contributed by atoms with van der Waals surface area (Å²) in [6, 6.07) is 0. The van der Waals surface area contributed by atoms with Gasteiger partial charge in [-0.15, -0.1) is 0 Å². The van der Waals surface area contributed by atoms with Gasteiger partial charge in [0.1, 0.15) is 0 Å². The summed E-state index contributed by atoms with van der Waals surface area (Å²) in [7, 11) is 0. The minimum absolute atomic E-state index is 0.648. The molecule has 5 nitrogen and oxygen atoms in total. The molecule has 5 heteroatoms. The van der Waals surface area contributed by atoms with E-state index in [1.807, 2.05) is 0 Å². The van der Waals surface area contributed by atoms with E-state index in [-0.39, 0.29) is 0 Å². The van der Waals surface area contributed by atoms with Gasteiger partial charge in [-0.1, -0.05) is 6.58 Å². The fraction of sp³-hybridized carbons (Fsp3) is 0.167. The first kappa shape index (κ1) is 9.26. The highest BCUT2D eigenvalue weighted by Crippen LogP contribution is 1.82. The average molecular weight is 154 g/mol. The van der Waals surface area contributed by atoms with Gasteiger partial charge < -0.3 is 10.3 Å². The molecular weight excluding hydrogens is 148 g/mol. The van der Waals surface area contributed by atoms with Crippen molar-refractivity contribution >= 4 is 17.5 Å². The third-order valence-electron chi connectivity index (χ3n) is 0.817. The van der Waals surface area contributed by atoms with Gasteiger partial charge in [0.05, 0.1) is 6.26 Å². The van der Waals surface area contributed by atoms with Crippen LogP contribution in [-0.4, -0.2) is 22.3 Å². The summed E-state index contributed by atoms with van der Waals surface area (Å²) < 4.78 is 4.17. The number of nitrogens with zero attached hydrogens (tertiary/aromatic N) is 2. The molecule has 0 aliphatic heterocycles. The number of hydrogen-bond donors (Lipinski definition) is 0. The average Bonchev–Trinajstić information content (AvgIpc) is 1.88. The van der Waals surface area contributed by atoms with Gasteiger partial charge in [0.25, 0.3) is 0 Å². The zero-order valence-corrected chi connectivity index (χ0v) is 5.90. The molecule has 0 aromatic heterocycles. The lowest BCUT2D eigenvalue weighted by Gasteiger charge is -1.88. The highest BCUT2D eigenvalue weighted by molar-refractivity contribution is 6.61. The predicted octanol–water partition coefficient (Wildman–Crippen LogP) is -0.0671. The number of carbonyl (C=O) groups is 2. The van der Waals surface area contributed by atoms with Crippen molar-refractivity contribution in [1.29, 1.82) is 0 Å². The van der Waals surface area contributed by atoms with E-state index >= 15 is 0 Å². The summed E-state index contributed by atoms with van der Waals surface area (Å²) in [4.78, 5) is 23.5. The highest BCUT2D eigenvalue weighted by atomic mass is 16.5. The van der Waals surface area contributed by atoms with Crippen LogP contribution in [0.5, 0.6) is 0 Å². The van der Waals surface area contributed by atoms with Crippen molar-refractivity contribution in [2.24, 2.45) is 0 Å². The van der Waals surface area contributed by atoms with Gasteiger partial charge in [-0.25, -0.2) is 4.79 Å². The first-order chi connectivity index (χ1) is 5.13. The zero-order chi connectivity index (χ0) is 8.85. The van der Waals surface area contributed by atoms with E-state index in [4.69, 9.17) is 5.53 Å². The Morgan fingerprint density at radius 3 is 2.45 bits per heavy atom. The molecule has 0 rings (SSSR count). The van der Waals surface area contributed by atoms with E-state index in [9.17, 15) is 9.59 Å². The first-order valence-electron chi connectivity index (χ1n) is 2.68. The molecule has 0 aliphatic carbocycles. The van der Waals surface area contributed by atoms with Crippen LogP contribution in [0.2, 0.25) is 0 Å². The Morgan fingerprint density at radius 2 is 2.18 bits per heavy atom. The Bertz CT molecular complexity index is 251. The molecule has 0 spiro atoms. The third-order valence-corrected chi connectivity index (χ3v) is 0.817. The number of ether oxygens (including phenoxy) is 1. The van der Waals surface area contributed by atoms with Crippen LogP contribution in [0.3, 0.4) is 0 Å². The highest BCUT2D eigenvalue weighted by Gasteiger charge is 2.26. The lowest BCUT2D eigenvalue weighted by molar-refractivity contribution is -0.137. The van der Waals surface area contributed by atoms with Gasteiger partial charge in [-0.3, -0.25) is 4.79 Å². The molecule has 0 heterocycles. The van der Waals surface area contributed by atoms with Crippen molar-refractivity contribution in [2.75, 3.05) is 0 Å². The zero-order valence-electron chi connectivity index (χ0n) is 5.90. The van der Waals surface area contributed by atoms with E-state index < -0.39 is 17.5 Å². The van der Waals surface area contributed by atoms with E-state index in [2.05, 4.69) is 16.1 Å². The Morgan fingerprint density at radius 1 is 1.64 bits per heavy atom. The maximum Gasteiger partial charge on any atom is 0.441 e. The van der Waals surface area contributed by atoms with Gasteiger partial charge in [-0.2, -0.15) is 4.79 Å². The molecule has 58 valence electrons. The second kappa shape index (κ2) is 4.14. The van der Waals surface area contributed by atoms with E-state index in [1.54, 1.807) is 0 Å². The molecule has 0 N–H and O–H groups in total. The molecular formula is C6H6N2O3. The Kier molecular flexibility index (Phi) is 3.48. The number of carbonyl (C=O) groups excluding carboxylic acids is 2. The largest absolute Gasteiger partial charge is 0.441 e. The molecule has 0 saturated heterocycles. The van der Waals surface area contributed by atoms with Crippen molar-refractivity contribution in [1.82, 2.24) is 0 Å². The number of Topliss-reactive ketones (excluding diaryl/α,β-unsaturated/α-hetero) is 1. The Balaban J connectivity index is 4.54. The van der Waals surface area contributed by atoms with Gasteiger partial charge in [-0.05, 0) is 0 Å². The molecule has 0 unspecified atom stereocenters. The Labute approximate surface area is 62.9 Å². The second-order valence-corrected chi connectivity index (χ2v) is 1.58. The van der Waals surface area contributed by atoms with Gasteiger partial charge in [0.15, 0.2) is 0 Å². The van der Waals surface area contributed by atoms with Crippen molar-refractivity contribution in [3.63, 3.8) is 0 Å². The molecule has 0 atom stereocenters. The summed E-state index contributed by atoms with van der Waals surface area (Å²) in [5.41, 5.74) is 7.48. The van der Waals surface area contributed by atoms with Crippen LogP contribution in [0.4, 0.5) is 0 Å². The maximum absolute atomic E-state index is 10.6. The fourth-order valence-electron chi connectivity index (χ4n) is 0.386. The number of hydrogen-bond acceptors (Lipinski definition) is 3. The van der Waals surface area contributed by atoms with Crippen LogP contribution in [0.25, 0.3) is 5.53 Å². The second-order valence-electron chi connectivity index (χ2n) is 1.58. The topological polar surface area (TPSA) is 79.8 Å². The number of ketones is 1. The number of rotatable bonds is 3. The minimum Gasteiger partial charge on any atom is -0.426 e. The van der Waals surface area contributed by atoms with Crippen molar-refractivity contribution in [3.8, 4) is 0 Å². The fourth-order valence-corrected chi connectivity index (χ4v) is 0.386. The predicted molar refractivity (Wildman–Crippen MR) is 35.6 cm³/mol. The van der Waals surface area contributed by atoms with Crippen LogP contribution >= 0.6 is 0 Å². The first-order valence-corrected chi connectivity index (χ1v) is 2.68. The molecule has 0 aliphatic rings. The molecule has 0 radical (unpaired) electrons. The monoisotopic (exact) mass is 154 g/mol. The maximum atomic E-state index is 10.6. The minimum atomic E-state index is -1.02.